The highest BCUT2D eigenvalue weighted by Gasteiger charge is 2.41. The number of carbonyl (C=O) groups excluding carboxylic acids is 3. The lowest BCUT2D eigenvalue weighted by molar-refractivity contribution is -0.139. The van der Waals surface area contributed by atoms with E-state index in [1.54, 1.807) is 38.1 Å². The third-order valence-corrected chi connectivity index (χ3v) is 4.62. The molecule has 6 nitrogen and oxygen atoms in total. The summed E-state index contributed by atoms with van der Waals surface area (Å²) in [6.45, 7) is 3.60. The molecular weight excluding hydrogens is 356 g/mol. The van der Waals surface area contributed by atoms with Gasteiger partial charge in [0.25, 0.3) is 5.91 Å². The lowest BCUT2D eigenvalue weighted by Crippen LogP contribution is -2.54. The predicted octanol–water partition coefficient (Wildman–Crippen LogP) is 2.54. The van der Waals surface area contributed by atoms with Gasteiger partial charge in [-0.05, 0) is 31.5 Å². The molecule has 2 amide bonds. The first kappa shape index (κ1) is 19.4. The maximum absolute atomic E-state index is 12.8. The number of ether oxygens (including phenoxy) is 1. The monoisotopic (exact) mass is 378 g/mol. The van der Waals surface area contributed by atoms with Crippen molar-refractivity contribution in [2.75, 3.05) is 6.61 Å². The number of hydrogen-bond donors (Lipinski definition) is 2. The number of allylic oxidation sites excluding steroid dienone is 1. The van der Waals surface area contributed by atoms with Crippen molar-refractivity contribution in [3.63, 3.8) is 0 Å². The molecule has 0 fully saturated rings. The predicted molar refractivity (Wildman–Crippen MR) is 104 cm³/mol. The number of hydrogen-bond acceptors (Lipinski definition) is 4. The molecule has 0 aliphatic carbocycles. The molecule has 6 heteroatoms. The van der Waals surface area contributed by atoms with Crippen LogP contribution >= 0.6 is 0 Å². The number of esters is 1. The van der Waals surface area contributed by atoms with E-state index in [0.717, 1.165) is 5.56 Å². The van der Waals surface area contributed by atoms with Crippen LogP contribution in [0.25, 0.3) is 0 Å². The summed E-state index contributed by atoms with van der Waals surface area (Å²) in [7, 11) is 0. The van der Waals surface area contributed by atoms with Crippen LogP contribution in [0.1, 0.15) is 35.7 Å². The molecule has 3 rings (SSSR count). The minimum absolute atomic E-state index is 0.214. The lowest BCUT2D eigenvalue weighted by Gasteiger charge is -2.34. The molecule has 2 atom stereocenters. The van der Waals surface area contributed by atoms with Gasteiger partial charge in [0.05, 0.1) is 12.2 Å². The van der Waals surface area contributed by atoms with Crippen molar-refractivity contribution in [1.29, 1.82) is 0 Å². The largest absolute Gasteiger partial charge is 0.463 e. The highest BCUT2D eigenvalue weighted by atomic mass is 16.5. The zero-order valence-corrected chi connectivity index (χ0v) is 15.8. The maximum Gasteiger partial charge on any atom is 0.336 e. The third-order valence-electron chi connectivity index (χ3n) is 4.62. The Balaban J connectivity index is 2.02. The van der Waals surface area contributed by atoms with E-state index in [0.29, 0.717) is 16.8 Å². The van der Waals surface area contributed by atoms with Gasteiger partial charge in [-0.3, -0.25) is 9.59 Å². The Morgan fingerprint density at radius 3 is 2.25 bits per heavy atom. The molecule has 2 aromatic rings. The summed E-state index contributed by atoms with van der Waals surface area (Å²) in [6.07, 6.45) is 0. The van der Waals surface area contributed by atoms with Crippen LogP contribution in [0.2, 0.25) is 0 Å². The van der Waals surface area contributed by atoms with Crippen molar-refractivity contribution in [2.24, 2.45) is 0 Å². The highest BCUT2D eigenvalue weighted by molar-refractivity contribution is 6.02. The van der Waals surface area contributed by atoms with E-state index in [1.807, 2.05) is 36.4 Å². The quantitative estimate of drug-likeness (QED) is 0.783. The van der Waals surface area contributed by atoms with Gasteiger partial charge in [0.15, 0.2) is 0 Å². The molecule has 0 saturated heterocycles. The summed E-state index contributed by atoms with van der Waals surface area (Å²) in [5.74, 6) is -1.91. The van der Waals surface area contributed by atoms with E-state index in [2.05, 4.69) is 10.6 Å². The van der Waals surface area contributed by atoms with Gasteiger partial charge in [-0.15, -0.1) is 0 Å². The second kappa shape index (κ2) is 8.52. The Bertz CT molecular complexity index is 907. The van der Waals surface area contributed by atoms with Crippen LogP contribution in [-0.2, 0) is 14.3 Å². The zero-order chi connectivity index (χ0) is 20.1. The maximum atomic E-state index is 12.8. The average Bonchev–Trinajstić information content (AvgIpc) is 2.71. The Morgan fingerprint density at radius 1 is 1.04 bits per heavy atom. The fourth-order valence-electron chi connectivity index (χ4n) is 3.35. The summed E-state index contributed by atoms with van der Waals surface area (Å²) < 4.78 is 5.22. The standard InChI is InChI=1S/C22H22N2O4/c1-3-28-22(27)17-14(2)23-21(26)19(18(17)15-10-6-4-7-11-15)24-20(25)16-12-8-5-9-13-16/h4-13,18-19H,3H2,1-2H3,(H,23,26)(H,24,25)/t18-,19-/m1/s1. The molecule has 0 spiro atoms. The number of carbonyl (C=O) groups is 3. The molecule has 0 bridgehead atoms. The molecule has 1 aliphatic heterocycles. The SMILES string of the molecule is CCOC(=O)C1=C(C)NC(=O)[C@H](NC(=O)c2ccccc2)[C@@H]1c1ccccc1. The lowest BCUT2D eigenvalue weighted by atomic mass is 9.80. The summed E-state index contributed by atoms with van der Waals surface area (Å²) in [5, 5.41) is 5.49. The molecular formula is C22H22N2O4. The Hall–Kier alpha value is -3.41. The minimum atomic E-state index is -0.946. The topological polar surface area (TPSA) is 84.5 Å². The van der Waals surface area contributed by atoms with Gasteiger partial charge in [0, 0.05) is 17.2 Å². The number of nitrogens with one attached hydrogen (secondary N) is 2. The van der Waals surface area contributed by atoms with Crippen molar-refractivity contribution in [3.8, 4) is 0 Å². The molecule has 1 aliphatic rings. The fourth-order valence-corrected chi connectivity index (χ4v) is 3.35. The van der Waals surface area contributed by atoms with Crippen LogP contribution in [0.3, 0.4) is 0 Å². The first-order valence-corrected chi connectivity index (χ1v) is 9.12. The number of benzene rings is 2. The van der Waals surface area contributed by atoms with Crippen molar-refractivity contribution in [1.82, 2.24) is 10.6 Å². The minimum Gasteiger partial charge on any atom is -0.463 e. The third kappa shape index (κ3) is 3.96. The normalized spacial score (nSPS) is 19.0. The fraction of sp³-hybridized carbons (Fsp3) is 0.227. The van der Waals surface area contributed by atoms with Crippen molar-refractivity contribution >= 4 is 17.8 Å². The van der Waals surface area contributed by atoms with Gasteiger partial charge in [-0.2, -0.15) is 0 Å². The van der Waals surface area contributed by atoms with Gasteiger partial charge >= 0.3 is 5.97 Å². The van der Waals surface area contributed by atoms with Crippen LogP contribution < -0.4 is 10.6 Å². The molecule has 2 aromatic carbocycles. The molecule has 1 heterocycles. The van der Waals surface area contributed by atoms with Gasteiger partial charge in [0.1, 0.15) is 6.04 Å². The van der Waals surface area contributed by atoms with Gasteiger partial charge in [-0.25, -0.2) is 4.79 Å². The summed E-state index contributed by atoms with van der Waals surface area (Å²) in [4.78, 5) is 38.1. The second-order valence-corrected chi connectivity index (χ2v) is 6.45. The Morgan fingerprint density at radius 2 is 1.64 bits per heavy atom. The highest BCUT2D eigenvalue weighted by Crippen LogP contribution is 2.34. The molecule has 144 valence electrons. The summed E-state index contributed by atoms with van der Waals surface area (Å²) >= 11 is 0. The van der Waals surface area contributed by atoms with Crippen molar-refractivity contribution in [3.05, 3.63) is 83.1 Å². The van der Waals surface area contributed by atoms with Gasteiger partial charge in [0.2, 0.25) is 5.91 Å². The van der Waals surface area contributed by atoms with E-state index < -0.39 is 17.9 Å². The summed E-state index contributed by atoms with van der Waals surface area (Å²) in [5.41, 5.74) is 1.96. The number of rotatable bonds is 5. The van der Waals surface area contributed by atoms with Crippen molar-refractivity contribution in [2.45, 2.75) is 25.8 Å². The molecule has 2 N–H and O–H groups in total. The molecule has 28 heavy (non-hydrogen) atoms. The van der Waals surface area contributed by atoms with Gasteiger partial charge < -0.3 is 15.4 Å². The smallest absolute Gasteiger partial charge is 0.336 e. The van der Waals surface area contributed by atoms with Crippen LogP contribution in [0.4, 0.5) is 0 Å². The van der Waals surface area contributed by atoms with Crippen LogP contribution in [-0.4, -0.2) is 30.4 Å². The Labute approximate surface area is 163 Å². The van der Waals surface area contributed by atoms with Crippen molar-refractivity contribution < 1.29 is 19.1 Å². The van der Waals surface area contributed by atoms with Crippen LogP contribution in [0.5, 0.6) is 0 Å². The summed E-state index contributed by atoms with van der Waals surface area (Å²) in [6, 6.07) is 16.9. The second-order valence-electron chi connectivity index (χ2n) is 6.45. The van der Waals surface area contributed by atoms with E-state index in [1.165, 1.54) is 0 Å². The first-order chi connectivity index (χ1) is 13.5. The van der Waals surface area contributed by atoms with E-state index in [-0.39, 0.29) is 18.4 Å². The molecule has 0 radical (unpaired) electrons. The van der Waals surface area contributed by atoms with Crippen LogP contribution in [0.15, 0.2) is 71.9 Å². The van der Waals surface area contributed by atoms with E-state index in [4.69, 9.17) is 4.74 Å². The number of amides is 2. The van der Waals surface area contributed by atoms with Crippen LogP contribution in [0, 0.1) is 0 Å². The Kier molecular flexibility index (Phi) is 5.89. The van der Waals surface area contributed by atoms with E-state index >= 15 is 0 Å². The van der Waals surface area contributed by atoms with Gasteiger partial charge in [-0.1, -0.05) is 48.5 Å². The molecule has 0 aromatic heterocycles. The molecule has 0 unspecified atom stereocenters. The van der Waals surface area contributed by atoms with E-state index in [9.17, 15) is 14.4 Å². The first-order valence-electron chi connectivity index (χ1n) is 9.12. The zero-order valence-electron chi connectivity index (χ0n) is 15.8. The molecule has 0 saturated carbocycles. The average molecular weight is 378 g/mol.